The number of nitrogens with zero attached hydrogens (tertiary/aromatic N) is 3. The molecule has 9 aromatic carbocycles. The van der Waals surface area contributed by atoms with Gasteiger partial charge in [-0.3, -0.25) is 0 Å². The van der Waals surface area contributed by atoms with E-state index >= 15 is 0 Å². The van der Waals surface area contributed by atoms with E-state index in [2.05, 4.69) is 214 Å². The van der Waals surface area contributed by atoms with Crippen LogP contribution in [-0.4, -0.2) is 15.0 Å². The van der Waals surface area contributed by atoms with Crippen LogP contribution in [0.25, 0.3) is 100 Å². The third kappa shape index (κ3) is 5.69. The van der Waals surface area contributed by atoms with Gasteiger partial charge in [-0.05, 0) is 77.7 Å². The lowest BCUT2D eigenvalue weighted by Crippen LogP contribution is -2.15. The van der Waals surface area contributed by atoms with Gasteiger partial charge < -0.3 is 0 Å². The molecule has 0 saturated carbocycles. The Morgan fingerprint density at radius 2 is 0.695 bits per heavy atom. The minimum Gasteiger partial charge on any atom is -0.208 e. The standard InChI is InChI=1S/C56H39N3/c1-56(2)49-32-18-17-27-43(49)44-34-33-38(35-50(44)56)51-45-28-13-11-25-41(45)42-26-12-14-29-46(42)52(51)55-58-53(47-30-15-9-23-39(47)36-19-5-3-6-20-36)57-54(59-55)48-31-16-10-24-40(48)37-21-7-4-8-22-37/h3-35H,1-2H3. The zero-order chi connectivity index (χ0) is 39.5. The van der Waals surface area contributed by atoms with Crippen molar-refractivity contribution < 1.29 is 0 Å². The number of benzene rings is 9. The van der Waals surface area contributed by atoms with Crippen molar-refractivity contribution >= 4 is 21.5 Å². The van der Waals surface area contributed by atoms with Crippen molar-refractivity contribution in [1.82, 2.24) is 15.0 Å². The molecule has 0 N–H and O–H groups in total. The van der Waals surface area contributed by atoms with E-state index in [-0.39, 0.29) is 5.41 Å². The summed E-state index contributed by atoms with van der Waals surface area (Å²) in [6.45, 7) is 4.69. The van der Waals surface area contributed by atoms with Crippen molar-refractivity contribution in [1.29, 1.82) is 0 Å². The van der Waals surface area contributed by atoms with Crippen LogP contribution in [0, 0.1) is 0 Å². The summed E-state index contributed by atoms with van der Waals surface area (Å²) < 4.78 is 0. The monoisotopic (exact) mass is 753 g/mol. The van der Waals surface area contributed by atoms with Gasteiger partial charge in [0, 0.05) is 27.7 Å². The molecule has 0 amide bonds. The molecule has 1 heterocycles. The molecule has 10 aromatic rings. The van der Waals surface area contributed by atoms with E-state index in [9.17, 15) is 0 Å². The first-order valence-electron chi connectivity index (χ1n) is 20.3. The average molecular weight is 754 g/mol. The van der Waals surface area contributed by atoms with E-state index in [1.807, 2.05) is 0 Å². The highest BCUT2D eigenvalue weighted by Gasteiger charge is 2.36. The number of aromatic nitrogens is 3. The van der Waals surface area contributed by atoms with Crippen LogP contribution >= 0.6 is 0 Å². The number of rotatable bonds is 6. The van der Waals surface area contributed by atoms with E-state index in [0.717, 1.165) is 66.2 Å². The first-order valence-corrected chi connectivity index (χ1v) is 20.3. The van der Waals surface area contributed by atoms with Gasteiger partial charge in [0.15, 0.2) is 17.5 Å². The Morgan fingerprint density at radius 1 is 0.288 bits per heavy atom. The fraction of sp³-hybridized carbons (Fsp3) is 0.0536. The second-order valence-corrected chi connectivity index (χ2v) is 15.9. The number of hydrogen-bond acceptors (Lipinski definition) is 3. The Morgan fingerprint density at radius 3 is 1.25 bits per heavy atom. The Bertz CT molecular complexity index is 3140. The molecule has 3 heteroatoms. The molecular formula is C56H39N3. The minimum absolute atomic E-state index is 0.162. The molecule has 0 bridgehead atoms. The Labute approximate surface area is 344 Å². The van der Waals surface area contributed by atoms with Crippen molar-refractivity contribution in [2.75, 3.05) is 0 Å². The molecule has 0 spiro atoms. The quantitative estimate of drug-likeness (QED) is 0.159. The molecule has 0 aliphatic heterocycles. The largest absolute Gasteiger partial charge is 0.208 e. The lowest BCUT2D eigenvalue weighted by atomic mass is 9.80. The summed E-state index contributed by atoms with van der Waals surface area (Å²) in [6.07, 6.45) is 0. The molecule has 0 radical (unpaired) electrons. The van der Waals surface area contributed by atoms with Gasteiger partial charge in [0.2, 0.25) is 0 Å². The highest BCUT2D eigenvalue weighted by Crippen LogP contribution is 2.51. The topological polar surface area (TPSA) is 38.7 Å². The lowest BCUT2D eigenvalue weighted by Gasteiger charge is -2.23. The van der Waals surface area contributed by atoms with Crippen molar-refractivity contribution in [3.63, 3.8) is 0 Å². The van der Waals surface area contributed by atoms with Crippen molar-refractivity contribution in [2.45, 2.75) is 19.3 Å². The molecule has 1 aliphatic carbocycles. The van der Waals surface area contributed by atoms with Gasteiger partial charge in [0.25, 0.3) is 0 Å². The van der Waals surface area contributed by atoms with Crippen LogP contribution in [0.15, 0.2) is 200 Å². The first-order chi connectivity index (χ1) is 29.0. The number of fused-ring (bicyclic) bond motifs is 6. The van der Waals surface area contributed by atoms with E-state index in [1.54, 1.807) is 0 Å². The summed E-state index contributed by atoms with van der Waals surface area (Å²) in [7, 11) is 0. The molecule has 1 aromatic heterocycles. The van der Waals surface area contributed by atoms with Gasteiger partial charge in [-0.15, -0.1) is 0 Å². The maximum Gasteiger partial charge on any atom is 0.165 e. The van der Waals surface area contributed by atoms with Gasteiger partial charge in [-0.2, -0.15) is 0 Å². The van der Waals surface area contributed by atoms with Gasteiger partial charge in [-0.25, -0.2) is 15.0 Å². The number of hydrogen-bond donors (Lipinski definition) is 0. The van der Waals surface area contributed by atoms with Crippen LogP contribution in [0.1, 0.15) is 25.0 Å². The van der Waals surface area contributed by atoms with E-state index < -0.39 is 0 Å². The summed E-state index contributed by atoms with van der Waals surface area (Å²) in [5.41, 5.74) is 14.6. The van der Waals surface area contributed by atoms with Crippen molar-refractivity contribution in [3.8, 4) is 78.7 Å². The smallest absolute Gasteiger partial charge is 0.165 e. The average Bonchev–Trinajstić information content (AvgIpc) is 3.54. The normalized spacial score (nSPS) is 12.7. The van der Waals surface area contributed by atoms with Crippen LogP contribution in [0.2, 0.25) is 0 Å². The van der Waals surface area contributed by atoms with Crippen molar-refractivity contribution in [2.24, 2.45) is 0 Å². The molecule has 0 saturated heterocycles. The molecule has 11 rings (SSSR count). The van der Waals surface area contributed by atoms with E-state index in [0.29, 0.717) is 17.5 Å². The third-order valence-corrected chi connectivity index (χ3v) is 12.2. The Kier molecular flexibility index (Phi) is 8.16. The zero-order valence-electron chi connectivity index (χ0n) is 32.9. The summed E-state index contributed by atoms with van der Waals surface area (Å²) in [5.74, 6) is 1.89. The van der Waals surface area contributed by atoms with Crippen LogP contribution < -0.4 is 0 Å². The second kappa shape index (κ2) is 13.9. The lowest BCUT2D eigenvalue weighted by molar-refractivity contribution is 0.660. The summed E-state index contributed by atoms with van der Waals surface area (Å²) in [5, 5.41) is 4.62. The van der Waals surface area contributed by atoms with E-state index in [4.69, 9.17) is 15.0 Å². The third-order valence-electron chi connectivity index (χ3n) is 12.2. The van der Waals surface area contributed by atoms with E-state index in [1.165, 1.54) is 27.6 Å². The van der Waals surface area contributed by atoms with Gasteiger partial charge >= 0.3 is 0 Å². The molecule has 278 valence electrons. The molecule has 0 atom stereocenters. The van der Waals surface area contributed by atoms with Crippen LogP contribution in [-0.2, 0) is 5.41 Å². The highest BCUT2D eigenvalue weighted by atomic mass is 15.0. The summed E-state index contributed by atoms with van der Waals surface area (Å²) >= 11 is 0. The maximum absolute atomic E-state index is 5.54. The van der Waals surface area contributed by atoms with Gasteiger partial charge in [-0.1, -0.05) is 208 Å². The second-order valence-electron chi connectivity index (χ2n) is 15.9. The molecule has 1 aliphatic rings. The van der Waals surface area contributed by atoms with Crippen LogP contribution in [0.4, 0.5) is 0 Å². The Balaban J connectivity index is 1.25. The van der Waals surface area contributed by atoms with Crippen molar-refractivity contribution in [3.05, 3.63) is 211 Å². The zero-order valence-corrected chi connectivity index (χ0v) is 32.9. The summed E-state index contributed by atoms with van der Waals surface area (Å²) in [4.78, 5) is 16.5. The molecule has 3 nitrogen and oxygen atoms in total. The molecular weight excluding hydrogens is 715 g/mol. The molecule has 0 fully saturated rings. The maximum atomic E-state index is 5.54. The highest BCUT2D eigenvalue weighted by molar-refractivity contribution is 6.21. The molecule has 59 heavy (non-hydrogen) atoms. The molecule has 0 unspecified atom stereocenters. The SMILES string of the molecule is CC1(C)c2ccccc2-c2ccc(-c3c(-c4nc(-c5ccccc5-c5ccccc5)nc(-c5ccccc5-c5ccccc5)n4)c4ccccc4c4ccccc34)cc21. The predicted molar refractivity (Wildman–Crippen MR) is 245 cm³/mol. The van der Waals surface area contributed by atoms with Gasteiger partial charge in [0.1, 0.15) is 0 Å². The van der Waals surface area contributed by atoms with Crippen LogP contribution in [0.5, 0.6) is 0 Å². The minimum atomic E-state index is -0.162. The first kappa shape index (κ1) is 34.7. The van der Waals surface area contributed by atoms with Gasteiger partial charge in [0.05, 0.1) is 0 Å². The fourth-order valence-electron chi connectivity index (χ4n) is 9.36. The summed E-state index contributed by atoms with van der Waals surface area (Å²) in [6, 6.07) is 71.3. The predicted octanol–water partition coefficient (Wildman–Crippen LogP) is 14.5. The fourth-order valence-corrected chi connectivity index (χ4v) is 9.36. The Hall–Kier alpha value is -7.49. The van der Waals surface area contributed by atoms with Crippen LogP contribution in [0.3, 0.4) is 0 Å².